The van der Waals surface area contributed by atoms with Gasteiger partial charge in [0.1, 0.15) is 171 Å². The monoisotopic (exact) mass is 1210 g/mol. The summed E-state index contributed by atoms with van der Waals surface area (Å²) >= 11 is 0. The minimum atomic E-state index is -2.15. The van der Waals surface area contributed by atoms with Crippen LogP contribution in [0.25, 0.3) is 0 Å². The van der Waals surface area contributed by atoms with Gasteiger partial charge in [-0.25, -0.2) is 0 Å². The summed E-state index contributed by atoms with van der Waals surface area (Å²) in [5.74, 6) is 0.757. The maximum absolute atomic E-state index is 11.9. The molecule has 84 heavy (non-hydrogen) atoms. The van der Waals surface area contributed by atoms with E-state index in [1.165, 1.54) is 0 Å². The molecule has 476 valence electrons. The molecule has 0 saturated carbocycles. The lowest BCUT2D eigenvalue weighted by Gasteiger charge is -2.50. The zero-order valence-electron chi connectivity index (χ0n) is 46.7. The standard InChI is InChI=1S/C54H80O30/c1-17-7-19(3)41(20(4)8-17)71-15-27-47-34(64)40(70)54(78-27)82-46-26(14-58)76-52(38(68)32(46)62)84-48-28(16-72-42-21(5)9-18(2)10-22(42)6)77-53(39(69)33(48)63)81-45-25(13-57)74-50(36(66)30(45)60)79-43-23(11-55)73-49(35(65)29(43)59)80-44-24(12-56)75-51(83-47)37(67)31(44)61/h7-10,23-40,43-70H,11-16H2,1-6H3/t23-,24-,25-,26-,27-,28-,29-,30-,31-,32-,33-,34-,35-,36-,37-,38-,39-,40-,43-,44-,45-,46-,47-,48-,49-,50-,51-,52-,53-,54-/m1/s1. The summed E-state index contributed by atoms with van der Waals surface area (Å²) < 4.78 is 84.3. The molecule has 0 radical (unpaired) electrons. The van der Waals surface area contributed by atoms with E-state index < -0.39 is 224 Å². The summed E-state index contributed by atoms with van der Waals surface area (Å²) in [5.41, 5.74) is 4.54. The molecule has 0 unspecified atom stereocenters. The highest BCUT2D eigenvalue weighted by Crippen LogP contribution is 2.39. The van der Waals surface area contributed by atoms with Gasteiger partial charge < -0.3 is 148 Å². The van der Waals surface area contributed by atoms with Crippen LogP contribution in [-0.4, -0.2) is 306 Å². The topological polar surface area (TPSA) is 453 Å². The summed E-state index contributed by atoms with van der Waals surface area (Å²) in [5, 5.41) is 183. The predicted molar refractivity (Wildman–Crippen MR) is 274 cm³/mol. The Bertz CT molecular complexity index is 2360. The Morgan fingerprint density at radius 1 is 0.274 bits per heavy atom. The van der Waals surface area contributed by atoms with Gasteiger partial charge in [-0.15, -0.1) is 0 Å². The number of ether oxygens (including phenoxy) is 14. The van der Waals surface area contributed by atoms with Crippen molar-refractivity contribution < 1.29 is 148 Å². The maximum atomic E-state index is 11.9. The second kappa shape index (κ2) is 27.3. The van der Waals surface area contributed by atoms with Crippen LogP contribution in [-0.2, 0) is 56.8 Å². The largest absolute Gasteiger partial charge is 0.490 e. The Morgan fingerprint density at radius 2 is 0.452 bits per heavy atom. The lowest BCUT2D eigenvalue weighted by atomic mass is 9.94. The minimum absolute atomic E-state index is 0.378. The Morgan fingerprint density at radius 3 is 0.643 bits per heavy atom. The van der Waals surface area contributed by atoms with Crippen molar-refractivity contribution in [3.8, 4) is 11.5 Å². The smallest absolute Gasteiger partial charge is 0.187 e. The molecule has 30 nitrogen and oxygen atoms in total. The molecule has 22 aliphatic rings. The van der Waals surface area contributed by atoms with E-state index in [1.54, 1.807) is 27.7 Å². The molecule has 22 saturated heterocycles. The van der Waals surface area contributed by atoms with Crippen LogP contribution in [0.1, 0.15) is 33.4 Å². The quantitative estimate of drug-likeness (QED) is 0.105. The molecular weight excluding hydrogens is 1130 g/mol. The van der Waals surface area contributed by atoms with Gasteiger partial charge in [-0.1, -0.05) is 35.4 Å². The molecule has 0 amide bonds. The normalized spacial score (nSPS) is 45.9. The summed E-state index contributed by atoms with van der Waals surface area (Å²) in [7, 11) is 0. The van der Waals surface area contributed by atoms with Crippen LogP contribution in [0.3, 0.4) is 0 Å². The molecule has 0 aliphatic carbocycles. The van der Waals surface area contributed by atoms with Gasteiger partial charge in [-0.05, 0) is 63.8 Å². The molecule has 24 rings (SSSR count). The third-order valence-corrected chi connectivity index (χ3v) is 16.3. The summed E-state index contributed by atoms with van der Waals surface area (Å²) in [6.07, 6.45) is -58.0. The van der Waals surface area contributed by atoms with Crippen molar-refractivity contribution in [1.82, 2.24) is 0 Å². The van der Waals surface area contributed by atoms with Crippen molar-refractivity contribution in [1.29, 1.82) is 0 Å². The second-order valence-electron chi connectivity index (χ2n) is 22.6. The molecule has 12 bridgehead atoms. The van der Waals surface area contributed by atoms with Gasteiger partial charge in [-0.2, -0.15) is 0 Å². The fourth-order valence-electron chi connectivity index (χ4n) is 12.0. The Labute approximate surface area is 481 Å². The molecule has 0 spiro atoms. The van der Waals surface area contributed by atoms with Crippen LogP contribution in [0.2, 0.25) is 0 Å². The van der Waals surface area contributed by atoms with Crippen LogP contribution in [0, 0.1) is 41.5 Å². The Kier molecular flexibility index (Phi) is 21.3. The number of benzene rings is 2. The first-order valence-electron chi connectivity index (χ1n) is 27.8. The van der Waals surface area contributed by atoms with Crippen molar-refractivity contribution in [2.24, 2.45) is 0 Å². The highest BCUT2D eigenvalue weighted by atomic mass is 16.8. The number of hydrogen-bond donors (Lipinski definition) is 16. The second-order valence-corrected chi connectivity index (χ2v) is 22.6. The highest BCUT2D eigenvalue weighted by molar-refractivity contribution is 5.44. The van der Waals surface area contributed by atoms with E-state index in [9.17, 15) is 81.7 Å². The first-order valence-corrected chi connectivity index (χ1v) is 27.8. The number of rotatable bonds is 10. The molecule has 22 fully saturated rings. The van der Waals surface area contributed by atoms with Crippen molar-refractivity contribution >= 4 is 0 Å². The number of aliphatic hydroxyl groups is 16. The molecule has 2 aromatic carbocycles. The van der Waals surface area contributed by atoms with Gasteiger partial charge in [0.2, 0.25) is 0 Å². The molecule has 22 aliphatic heterocycles. The van der Waals surface area contributed by atoms with E-state index in [-0.39, 0.29) is 0 Å². The average Bonchev–Trinajstić information content (AvgIpc) is 1.39. The van der Waals surface area contributed by atoms with E-state index in [0.717, 1.165) is 11.1 Å². The van der Waals surface area contributed by atoms with Crippen LogP contribution < -0.4 is 9.47 Å². The Hall–Kier alpha value is -3.08. The lowest BCUT2D eigenvalue weighted by molar-refractivity contribution is -0.403. The zero-order valence-corrected chi connectivity index (χ0v) is 46.7. The fourth-order valence-corrected chi connectivity index (χ4v) is 12.0. The number of aliphatic hydroxyl groups excluding tert-OH is 16. The summed E-state index contributed by atoms with van der Waals surface area (Å²) in [4.78, 5) is 0. The fraction of sp³-hybridized carbons (Fsp3) is 0.778. The van der Waals surface area contributed by atoms with Crippen molar-refractivity contribution in [2.75, 3.05) is 39.6 Å². The molecular formula is C54H80O30. The van der Waals surface area contributed by atoms with E-state index in [4.69, 9.17) is 66.3 Å². The van der Waals surface area contributed by atoms with Gasteiger partial charge >= 0.3 is 0 Å². The van der Waals surface area contributed by atoms with Gasteiger partial charge in [0.05, 0.1) is 26.4 Å². The third-order valence-electron chi connectivity index (χ3n) is 16.3. The Balaban J connectivity index is 1.06. The SMILES string of the molecule is Cc1cc(C)c(OC[C@H]2O[C@@H]3O[C@H]4[C@H](O)[C@@H](O)[C@@H](O[C@H]5[C@H](O)[C@@H](O)[C@@H](O[C@H]6[C@H](O)[C@@H](O)[C@@H](O[C@H]7[C@H](O)[C@@H](O)[C@@H](O[C@H]8[C@H](O)[C@@H](O)[C@@H](O[C@H]2[C@H](O)[C@H]3O)O[C@@H]8CO)O[C@@H]7COc2c(C)cc(C)cc2C)O[C@@H]6CO)O[C@@H]5CO)O[C@@H]4CO)c(C)c1. The first kappa shape index (κ1) is 65.4. The van der Waals surface area contributed by atoms with E-state index in [2.05, 4.69) is 0 Å². The van der Waals surface area contributed by atoms with Crippen LogP contribution in [0.15, 0.2) is 24.3 Å². The molecule has 16 N–H and O–H groups in total. The molecule has 30 heteroatoms. The van der Waals surface area contributed by atoms with Crippen molar-refractivity contribution in [2.45, 2.75) is 226 Å². The van der Waals surface area contributed by atoms with Crippen LogP contribution in [0.5, 0.6) is 11.5 Å². The lowest BCUT2D eigenvalue weighted by Crippen LogP contribution is -2.69. The van der Waals surface area contributed by atoms with Crippen molar-refractivity contribution in [3.05, 3.63) is 57.6 Å². The van der Waals surface area contributed by atoms with Gasteiger partial charge in [0.25, 0.3) is 0 Å². The van der Waals surface area contributed by atoms with E-state index >= 15 is 0 Å². The predicted octanol–water partition coefficient (Wildman–Crippen LogP) is -7.03. The minimum Gasteiger partial charge on any atom is -0.490 e. The number of aryl methyl sites for hydroxylation is 6. The van der Waals surface area contributed by atoms with E-state index in [0.29, 0.717) is 33.8 Å². The molecule has 22 heterocycles. The van der Waals surface area contributed by atoms with Crippen LogP contribution in [0.4, 0.5) is 0 Å². The molecule has 2 aromatic rings. The number of hydrogen-bond acceptors (Lipinski definition) is 30. The van der Waals surface area contributed by atoms with Gasteiger partial charge in [0.15, 0.2) is 37.7 Å². The summed E-state index contributed by atoms with van der Waals surface area (Å²) in [6.45, 7) is 5.85. The summed E-state index contributed by atoms with van der Waals surface area (Å²) in [6, 6.07) is 7.33. The van der Waals surface area contributed by atoms with Crippen molar-refractivity contribution in [3.63, 3.8) is 0 Å². The molecule has 0 aromatic heterocycles. The first-order chi connectivity index (χ1) is 39.9. The van der Waals surface area contributed by atoms with Gasteiger partial charge in [-0.3, -0.25) is 0 Å². The molecule has 30 atom stereocenters. The van der Waals surface area contributed by atoms with Gasteiger partial charge in [0, 0.05) is 0 Å². The maximum Gasteiger partial charge on any atom is 0.187 e. The average molecular weight is 1210 g/mol. The van der Waals surface area contributed by atoms with Crippen LogP contribution >= 0.6 is 0 Å². The van der Waals surface area contributed by atoms with E-state index in [1.807, 2.05) is 38.1 Å². The zero-order chi connectivity index (χ0) is 60.9. The highest BCUT2D eigenvalue weighted by Gasteiger charge is 2.59. The third kappa shape index (κ3) is 13.1.